The normalized spacial score (nSPS) is 11.5. The van der Waals surface area contributed by atoms with E-state index in [4.69, 9.17) is 23.7 Å². The van der Waals surface area contributed by atoms with Crippen molar-refractivity contribution in [2.24, 2.45) is 0 Å². The zero-order valence-electron chi connectivity index (χ0n) is 52.0. The molecule has 0 bridgehead atoms. The zero-order valence-corrected chi connectivity index (χ0v) is 52.0. The van der Waals surface area contributed by atoms with Gasteiger partial charge in [0.1, 0.15) is 0 Å². The fourth-order valence-corrected chi connectivity index (χ4v) is 10.3. The molecule has 9 nitrogen and oxygen atoms in total. The molecule has 0 spiro atoms. The first-order valence-electron chi connectivity index (χ1n) is 28.8. The fraction of sp³-hybridized carbons (Fsp3) is 0.361. The smallest absolute Gasteiger partial charge is 0.433 e. The van der Waals surface area contributed by atoms with Crippen LogP contribution in [0.3, 0.4) is 0 Å². The Balaban J connectivity index is 0.000000169. The first kappa shape index (κ1) is 65.8. The standard InChI is InChI=1S/C15H16F3NO.C15H19NO2.C15H19NO.C14H17NO.C13H14/c1-9(2)13-7-19-14(15(16,17)18)11-5-4-10(8-20-3)6-12(11)13;1-10(2)14-8-16-15(18-4)12-6-5-11(9-17-3)7-13(12)14;1-10(2)15-8-16-11(3)13-6-5-12(9-17-4)7-14(13)15;1-10(2)14-8-15-7-12-5-4-11(9-16-3)6-13(12)14;1-10(2)12-9-5-7-11-6-3-4-8-13(11)12/h4-7,9H,8H2,1-3H3;5-8,10H,9H2,1-4H3;5-8,10H,9H2,1-4H3;4-8,10H,9H2,1-3H3;3-10H,1-2H3. The largest absolute Gasteiger partial charge is 0.481 e. The number of nitrogens with zero attached hydrogens (tertiary/aromatic N) is 4. The third-order valence-corrected chi connectivity index (χ3v) is 14.6. The Bertz CT molecular complexity index is 3740. The first-order valence-corrected chi connectivity index (χ1v) is 28.8. The predicted molar refractivity (Wildman–Crippen MR) is 341 cm³/mol. The van der Waals surface area contributed by atoms with Gasteiger partial charge in [-0.15, -0.1) is 0 Å². The maximum Gasteiger partial charge on any atom is 0.433 e. The summed E-state index contributed by atoms with van der Waals surface area (Å²) < 4.78 is 64.9. The van der Waals surface area contributed by atoms with Gasteiger partial charge in [-0.05, 0) is 149 Å². The molecule has 0 radical (unpaired) electrons. The summed E-state index contributed by atoms with van der Waals surface area (Å²) in [6.07, 6.45) is 4.66. The van der Waals surface area contributed by atoms with Crippen molar-refractivity contribution in [3.05, 3.63) is 208 Å². The van der Waals surface area contributed by atoms with Gasteiger partial charge in [-0.1, -0.05) is 154 Å². The molecule has 4 aromatic heterocycles. The lowest BCUT2D eigenvalue weighted by Crippen LogP contribution is -2.10. The van der Waals surface area contributed by atoms with Crippen LogP contribution >= 0.6 is 0 Å². The van der Waals surface area contributed by atoms with E-state index in [-0.39, 0.29) is 11.3 Å². The second kappa shape index (κ2) is 31.0. The molecule has 444 valence electrons. The highest BCUT2D eigenvalue weighted by Gasteiger charge is 2.35. The number of hydrogen-bond acceptors (Lipinski definition) is 9. The summed E-state index contributed by atoms with van der Waals surface area (Å²) in [6.45, 7) is 25.9. The van der Waals surface area contributed by atoms with Crippen LogP contribution in [0.1, 0.15) is 160 Å². The highest BCUT2D eigenvalue weighted by molar-refractivity contribution is 5.92. The summed E-state index contributed by atoms with van der Waals surface area (Å²) in [4.78, 5) is 16.7. The van der Waals surface area contributed by atoms with Crippen molar-refractivity contribution in [3.8, 4) is 5.88 Å². The molecule has 0 unspecified atom stereocenters. The Morgan fingerprint density at radius 3 is 1.29 bits per heavy atom. The van der Waals surface area contributed by atoms with Crippen LogP contribution in [-0.4, -0.2) is 55.5 Å². The Hall–Kier alpha value is -7.35. The van der Waals surface area contributed by atoms with Crippen LogP contribution in [0.2, 0.25) is 0 Å². The predicted octanol–water partition coefficient (Wildman–Crippen LogP) is 19.3. The summed E-state index contributed by atoms with van der Waals surface area (Å²) in [5.41, 5.74) is 10.8. The number of methoxy groups -OCH3 is 5. The maximum atomic E-state index is 13.0. The number of fused-ring (bicyclic) bond motifs is 5. The van der Waals surface area contributed by atoms with Crippen LogP contribution < -0.4 is 4.74 Å². The topological polar surface area (TPSA) is 97.7 Å². The van der Waals surface area contributed by atoms with Crippen LogP contribution in [0.4, 0.5) is 13.2 Å². The van der Waals surface area contributed by atoms with Gasteiger partial charge in [-0.2, -0.15) is 13.2 Å². The number of alkyl halides is 3. The molecule has 6 aromatic carbocycles. The number of hydrogen-bond donors (Lipinski definition) is 0. The van der Waals surface area contributed by atoms with E-state index in [0.717, 1.165) is 22.2 Å². The minimum Gasteiger partial charge on any atom is -0.481 e. The average Bonchev–Trinajstić information content (AvgIpc) is 2.61. The van der Waals surface area contributed by atoms with Gasteiger partial charge in [0.25, 0.3) is 0 Å². The lowest BCUT2D eigenvalue weighted by molar-refractivity contribution is -0.139. The number of ether oxygens (including phenoxy) is 5. The van der Waals surface area contributed by atoms with Crippen molar-refractivity contribution >= 4 is 53.9 Å². The lowest BCUT2D eigenvalue weighted by Gasteiger charge is -2.15. The van der Waals surface area contributed by atoms with Crippen molar-refractivity contribution in [1.82, 2.24) is 19.9 Å². The molecule has 0 amide bonds. The minimum absolute atomic E-state index is 0.102. The van der Waals surface area contributed by atoms with E-state index in [0.29, 0.717) is 61.4 Å². The van der Waals surface area contributed by atoms with Crippen LogP contribution in [0, 0.1) is 6.92 Å². The minimum atomic E-state index is -4.45. The molecular formula is C72H85F3N4O5. The Labute approximate surface area is 496 Å². The Morgan fingerprint density at radius 2 is 0.786 bits per heavy atom. The summed E-state index contributed by atoms with van der Waals surface area (Å²) in [5, 5.41) is 10.8. The summed E-state index contributed by atoms with van der Waals surface area (Å²) in [5.74, 6) is 2.80. The number of halogens is 3. The van der Waals surface area contributed by atoms with Crippen molar-refractivity contribution in [3.63, 3.8) is 0 Å². The molecule has 0 N–H and O–H groups in total. The molecule has 84 heavy (non-hydrogen) atoms. The second-order valence-electron chi connectivity index (χ2n) is 22.6. The molecule has 0 fully saturated rings. The number of benzene rings is 6. The zero-order chi connectivity index (χ0) is 61.3. The van der Waals surface area contributed by atoms with Gasteiger partial charge in [0.05, 0.1) is 33.5 Å². The van der Waals surface area contributed by atoms with Gasteiger partial charge in [-0.25, -0.2) is 4.98 Å². The number of pyridine rings is 4. The molecule has 0 aliphatic heterocycles. The molecular weight excluding hydrogens is 1060 g/mol. The highest BCUT2D eigenvalue weighted by atomic mass is 19.4. The van der Waals surface area contributed by atoms with Gasteiger partial charge in [0.2, 0.25) is 5.88 Å². The second-order valence-corrected chi connectivity index (χ2v) is 22.6. The molecule has 10 aromatic rings. The van der Waals surface area contributed by atoms with Crippen LogP contribution in [0.25, 0.3) is 53.9 Å². The van der Waals surface area contributed by atoms with Gasteiger partial charge in [-0.3, -0.25) is 15.0 Å². The third kappa shape index (κ3) is 16.9. The van der Waals surface area contributed by atoms with Crippen LogP contribution in [0.5, 0.6) is 5.88 Å². The maximum absolute atomic E-state index is 13.0. The molecule has 0 saturated carbocycles. The van der Waals surface area contributed by atoms with E-state index in [9.17, 15) is 13.2 Å². The fourth-order valence-electron chi connectivity index (χ4n) is 10.3. The number of rotatable bonds is 14. The highest BCUT2D eigenvalue weighted by Crippen LogP contribution is 2.37. The van der Waals surface area contributed by atoms with E-state index in [1.165, 1.54) is 88.9 Å². The van der Waals surface area contributed by atoms with Crippen molar-refractivity contribution in [2.75, 3.05) is 35.5 Å². The van der Waals surface area contributed by atoms with Crippen LogP contribution in [0.15, 0.2) is 146 Å². The van der Waals surface area contributed by atoms with E-state index >= 15 is 0 Å². The van der Waals surface area contributed by atoms with Crippen molar-refractivity contribution < 1.29 is 36.9 Å². The lowest BCUT2D eigenvalue weighted by atomic mass is 9.95. The van der Waals surface area contributed by atoms with E-state index in [1.54, 1.807) is 47.7 Å². The van der Waals surface area contributed by atoms with E-state index in [2.05, 4.69) is 179 Å². The van der Waals surface area contributed by atoms with Crippen molar-refractivity contribution in [2.45, 2.75) is 138 Å². The first-order chi connectivity index (χ1) is 40.1. The summed E-state index contributed by atoms with van der Waals surface area (Å²) >= 11 is 0. The molecule has 0 aliphatic carbocycles. The number of aryl methyl sites for hydroxylation is 1. The number of aromatic nitrogens is 4. The van der Waals surface area contributed by atoms with Gasteiger partial charge < -0.3 is 23.7 Å². The Kier molecular flexibility index (Phi) is 24.3. The Morgan fingerprint density at radius 1 is 0.369 bits per heavy atom. The monoisotopic (exact) mass is 1140 g/mol. The van der Waals surface area contributed by atoms with Gasteiger partial charge >= 0.3 is 6.18 Å². The third-order valence-electron chi connectivity index (χ3n) is 14.6. The summed E-state index contributed by atoms with van der Waals surface area (Å²) in [6, 6.07) is 39.1. The average molecular weight is 1140 g/mol. The van der Waals surface area contributed by atoms with E-state index in [1.807, 2.05) is 38.6 Å². The molecule has 12 heteroatoms. The van der Waals surface area contributed by atoms with Gasteiger partial charge in [0.15, 0.2) is 5.69 Å². The molecule has 0 saturated heterocycles. The quantitative estimate of drug-likeness (QED) is 0.105. The van der Waals surface area contributed by atoms with E-state index < -0.39 is 11.9 Å². The molecule has 0 aliphatic rings. The summed E-state index contributed by atoms with van der Waals surface area (Å²) in [7, 11) is 8.37. The van der Waals surface area contributed by atoms with Gasteiger partial charge in [0, 0.05) is 86.7 Å². The SMILES string of the molecule is CC(C)c1cccc2ccccc12.COCc1ccc2c(C(F)(F)F)ncc(C(C)C)c2c1.COCc1ccc2c(C)ncc(C(C)C)c2c1.COCc1ccc2c(OC)ncc(C(C)C)c2c1.COCc1ccc2cncc(C(C)C)c2c1. The molecule has 4 heterocycles. The molecule has 10 rings (SSSR count). The van der Waals surface area contributed by atoms with Crippen molar-refractivity contribution in [1.29, 1.82) is 0 Å². The molecule has 0 atom stereocenters. The van der Waals surface area contributed by atoms with Crippen LogP contribution in [-0.2, 0) is 51.6 Å².